The molecule has 0 amide bonds. The average molecular weight is 473 g/mol. The summed E-state index contributed by atoms with van der Waals surface area (Å²) >= 11 is 0. The molecule has 3 aromatic carbocycles. The van der Waals surface area contributed by atoms with Crippen molar-refractivity contribution >= 4 is 0 Å². The maximum Gasteiger partial charge on any atom is 0.173 e. The fourth-order valence-electron chi connectivity index (χ4n) is 4.64. The highest BCUT2D eigenvalue weighted by Gasteiger charge is 2.32. The third-order valence-corrected chi connectivity index (χ3v) is 6.52. The Kier molecular flexibility index (Phi) is 7.11. The third-order valence-electron chi connectivity index (χ3n) is 6.52. The molecule has 4 aromatic rings. The van der Waals surface area contributed by atoms with Crippen molar-refractivity contribution in [2.24, 2.45) is 0 Å². The summed E-state index contributed by atoms with van der Waals surface area (Å²) in [4.78, 5) is 4.72. The standard InChI is InChI=1S/C27H29FN6O/c1-35-23-13-11-22(12-14-23)20-34-27(29-30-31-34)26(24-9-5-6-10-25(24)28)33-17-15-32(16-18-33)19-21-7-3-2-4-8-21/h2-14,26H,15-20H2,1H3. The first-order chi connectivity index (χ1) is 17.2. The molecule has 1 aromatic heterocycles. The molecule has 5 rings (SSSR count). The molecule has 1 saturated heterocycles. The molecule has 0 N–H and O–H groups in total. The topological polar surface area (TPSA) is 59.3 Å². The molecule has 0 aliphatic carbocycles. The predicted octanol–water partition coefficient (Wildman–Crippen LogP) is 3.78. The Morgan fingerprint density at radius 1 is 0.829 bits per heavy atom. The van der Waals surface area contributed by atoms with Gasteiger partial charge >= 0.3 is 0 Å². The fraction of sp³-hybridized carbons (Fsp3) is 0.296. The van der Waals surface area contributed by atoms with E-state index in [2.05, 4.69) is 49.6 Å². The number of hydrogen-bond donors (Lipinski definition) is 0. The first-order valence-corrected chi connectivity index (χ1v) is 11.8. The molecule has 7 nitrogen and oxygen atoms in total. The summed E-state index contributed by atoms with van der Waals surface area (Å²) in [7, 11) is 1.65. The molecular weight excluding hydrogens is 443 g/mol. The van der Waals surface area contributed by atoms with Crippen molar-refractivity contribution in [3.05, 3.63) is 107 Å². The van der Waals surface area contributed by atoms with Gasteiger partial charge in [-0.2, -0.15) is 0 Å². The molecule has 2 heterocycles. The van der Waals surface area contributed by atoms with E-state index < -0.39 is 0 Å². The van der Waals surface area contributed by atoms with E-state index in [9.17, 15) is 0 Å². The molecule has 1 fully saturated rings. The molecule has 1 unspecified atom stereocenters. The average Bonchev–Trinajstić information content (AvgIpc) is 3.35. The molecule has 35 heavy (non-hydrogen) atoms. The van der Waals surface area contributed by atoms with Crippen LogP contribution in [0.2, 0.25) is 0 Å². The monoisotopic (exact) mass is 472 g/mol. The van der Waals surface area contributed by atoms with E-state index in [4.69, 9.17) is 4.74 Å². The lowest BCUT2D eigenvalue weighted by atomic mass is 10.0. The molecule has 8 heteroatoms. The molecule has 0 saturated carbocycles. The Bertz CT molecular complexity index is 1220. The van der Waals surface area contributed by atoms with Gasteiger partial charge in [0.15, 0.2) is 5.82 Å². The number of halogens is 1. The van der Waals surface area contributed by atoms with Gasteiger partial charge in [0.1, 0.15) is 17.6 Å². The highest BCUT2D eigenvalue weighted by molar-refractivity contribution is 5.29. The number of nitrogens with zero attached hydrogens (tertiary/aromatic N) is 6. The fourth-order valence-corrected chi connectivity index (χ4v) is 4.64. The van der Waals surface area contributed by atoms with Crippen LogP contribution in [-0.4, -0.2) is 63.3 Å². The summed E-state index contributed by atoms with van der Waals surface area (Å²) in [5, 5.41) is 12.6. The Morgan fingerprint density at radius 3 is 2.23 bits per heavy atom. The van der Waals surface area contributed by atoms with Crippen LogP contribution in [0.4, 0.5) is 4.39 Å². The number of hydrogen-bond acceptors (Lipinski definition) is 6. The van der Waals surface area contributed by atoms with E-state index in [0.29, 0.717) is 17.9 Å². The van der Waals surface area contributed by atoms with E-state index in [1.54, 1.807) is 17.9 Å². The van der Waals surface area contributed by atoms with Crippen molar-refractivity contribution in [3.63, 3.8) is 0 Å². The van der Waals surface area contributed by atoms with Crippen molar-refractivity contribution in [2.75, 3.05) is 33.3 Å². The lowest BCUT2D eigenvalue weighted by molar-refractivity contribution is 0.0990. The van der Waals surface area contributed by atoms with Crippen LogP contribution in [0.5, 0.6) is 5.75 Å². The Hall–Kier alpha value is -3.62. The van der Waals surface area contributed by atoms with Gasteiger partial charge in [0.05, 0.1) is 13.7 Å². The van der Waals surface area contributed by atoms with Crippen molar-refractivity contribution in [2.45, 2.75) is 19.1 Å². The number of tetrazole rings is 1. The second-order valence-electron chi connectivity index (χ2n) is 8.76. The van der Waals surface area contributed by atoms with E-state index in [1.165, 1.54) is 11.6 Å². The Labute approximate surface area is 204 Å². The van der Waals surface area contributed by atoms with Crippen LogP contribution in [0, 0.1) is 5.82 Å². The molecule has 0 bridgehead atoms. The SMILES string of the molecule is COc1ccc(Cn2nnnc2C(c2ccccc2F)N2CCN(Cc3ccccc3)CC2)cc1. The zero-order valence-electron chi connectivity index (χ0n) is 19.8. The molecule has 1 atom stereocenters. The van der Waals surface area contributed by atoms with Gasteiger partial charge in [0, 0.05) is 38.3 Å². The van der Waals surface area contributed by atoms with Gasteiger partial charge in [-0.15, -0.1) is 5.10 Å². The number of aromatic nitrogens is 4. The van der Waals surface area contributed by atoms with Crippen LogP contribution in [0.3, 0.4) is 0 Å². The molecule has 1 aliphatic rings. The third kappa shape index (κ3) is 5.39. The Balaban J connectivity index is 1.38. The minimum absolute atomic E-state index is 0.247. The van der Waals surface area contributed by atoms with Crippen LogP contribution in [0.15, 0.2) is 78.9 Å². The lowest BCUT2D eigenvalue weighted by Crippen LogP contribution is -2.48. The second-order valence-corrected chi connectivity index (χ2v) is 8.76. The number of methoxy groups -OCH3 is 1. The van der Waals surface area contributed by atoms with E-state index in [1.807, 2.05) is 42.5 Å². The zero-order valence-corrected chi connectivity index (χ0v) is 19.8. The van der Waals surface area contributed by atoms with E-state index in [0.717, 1.165) is 44.0 Å². The normalized spacial score (nSPS) is 15.7. The van der Waals surface area contributed by atoms with E-state index >= 15 is 4.39 Å². The van der Waals surface area contributed by atoms with Crippen LogP contribution >= 0.6 is 0 Å². The largest absolute Gasteiger partial charge is 0.497 e. The first kappa shape index (κ1) is 23.1. The van der Waals surface area contributed by atoms with Gasteiger partial charge < -0.3 is 4.74 Å². The van der Waals surface area contributed by atoms with E-state index in [-0.39, 0.29) is 11.9 Å². The molecule has 180 valence electrons. The second kappa shape index (κ2) is 10.8. The van der Waals surface area contributed by atoms with Gasteiger partial charge in [-0.1, -0.05) is 60.7 Å². The molecular formula is C27H29FN6O. The quantitative estimate of drug-likeness (QED) is 0.389. The lowest BCUT2D eigenvalue weighted by Gasteiger charge is -2.39. The van der Waals surface area contributed by atoms with Crippen LogP contribution in [0.25, 0.3) is 0 Å². The van der Waals surface area contributed by atoms with Gasteiger partial charge in [-0.25, -0.2) is 9.07 Å². The highest BCUT2D eigenvalue weighted by atomic mass is 19.1. The predicted molar refractivity (Wildman–Crippen MR) is 131 cm³/mol. The number of rotatable bonds is 8. The van der Waals surface area contributed by atoms with Crippen molar-refractivity contribution in [1.29, 1.82) is 0 Å². The smallest absolute Gasteiger partial charge is 0.173 e. The maximum absolute atomic E-state index is 15.1. The summed E-state index contributed by atoms with van der Waals surface area (Å²) in [6.07, 6.45) is 0. The molecule has 0 radical (unpaired) electrons. The van der Waals surface area contributed by atoms with Crippen molar-refractivity contribution in [1.82, 2.24) is 30.0 Å². The summed E-state index contributed by atoms with van der Waals surface area (Å²) in [6, 6.07) is 24.9. The summed E-state index contributed by atoms with van der Waals surface area (Å²) < 4.78 is 22.1. The summed E-state index contributed by atoms with van der Waals surface area (Å²) in [5.74, 6) is 1.19. The summed E-state index contributed by atoms with van der Waals surface area (Å²) in [6.45, 7) is 4.77. The van der Waals surface area contributed by atoms with Gasteiger partial charge in [0.2, 0.25) is 0 Å². The van der Waals surface area contributed by atoms with Crippen LogP contribution < -0.4 is 4.74 Å². The van der Waals surface area contributed by atoms with Gasteiger partial charge in [-0.3, -0.25) is 9.80 Å². The first-order valence-electron chi connectivity index (χ1n) is 11.8. The molecule has 0 spiro atoms. The number of ether oxygens (including phenoxy) is 1. The number of benzene rings is 3. The van der Waals surface area contributed by atoms with Crippen molar-refractivity contribution < 1.29 is 9.13 Å². The van der Waals surface area contributed by atoms with Crippen LogP contribution in [-0.2, 0) is 13.1 Å². The van der Waals surface area contributed by atoms with Gasteiger partial charge in [-0.05, 0) is 39.8 Å². The van der Waals surface area contributed by atoms with Crippen molar-refractivity contribution in [3.8, 4) is 5.75 Å². The van der Waals surface area contributed by atoms with Gasteiger partial charge in [0.25, 0.3) is 0 Å². The highest BCUT2D eigenvalue weighted by Crippen LogP contribution is 2.30. The Morgan fingerprint density at radius 2 is 1.51 bits per heavy atom. The summed E-state index contributed by atoms with van der Waals surface area (Å²) in [5.41, 5.74) is 2.93. The zero-order chi connectivity index (χ0) is 24.0. The minimum atomic E-state index is -0.372. The minimum Gasteiger partial charge on any atom is -0.497 e. The van der Waals surface area contributed by atoms with Crippen LogP contribution in [0.1, 0.15) is 28.6 Å². The molecule has 1 aliphatic heterocycles. The maximum atomic E-state index is 15.1. The number of piperazine rings is 1.